The van der Waals surface area contributed by atoms with Crippen LogP contribution < -0.4 is 21.3 Å². The highest BCUT2D eigenvalue weighted by atomic mass is 32.1. The maximum atomic E-state index is 14.3. The molecule has 2 heterocycles. The molecule has 1 fully saturated rings. The van der Waals surface area contributed by atoms with Crippen molar-refractivity contribution < 1.29 is 19.1 Å². The van der Waals surface area contributed by atoms with Crippen molar-refractivity contribution in [2.45, 2.75) is 44.5 Å². The lowest BCUT2D eigenvalue weighted by atomic mass is 10.0. The zero-order valence-corrected chi connectivity index (χ0v) is 22.3. The maximum Gasteiger partial charge on any atom is 0.255 e. The molecule has 1 saturated carbocycles. The second-order valence-corrected chi connectivity index (χ2v) is 10.9. The van der Waals surface area contributed by atoms with Gasteiger partial charge in [-0.3, -0.25) is 9.59 Å². The highest BCUT2D eigenvalue weighted by molar-refractivity contribution is 7.16. The maximum absolute atomic E-state index is 14.3. The van der Waals surface area contributed by atoms with Crippen molar-refractivity contribution in [1.29, 1.82) is 0 Å². The Kier molecular flexibility index (Phi) is 7.45. The Morgan fingerprint density at radius 3 is 2.51 bits per heavy atom. The molecule has 2 amide bonds. The van der Waals surface area contributed by atoms with Gasteiger partial charge in [0.05, 0.1) is 39.1 Å². The van der Waals surface area contributed by atoms with Crippen LogP contribution in [-0.2, 0) is 0 Å². The lowest BCUT2D eigenvalue weighted by molar-refractivity contribution is -0.00177. The van der Waals surface area contributed by atoms with Gasteiger partial charge >= 0.3 is 0 Å². The van der Waals surface area contributed by atoms with Crippen molar-refractivity contribution in [2.24, 2.45) is 0 Å². The van der Waals surface area contributed by atoms with Crippen LogP contribution in [0.2, 0.25) is 0 Å². The van der Waals surface area contributed by atoms with E-state index in [0.717, 1.165) is 28.7 Å². The number of alkyl halides is 1. The van der Waals surface area contributed by atoms with Gasteiger partial charge in [-0.25, -0.2) is 14.4 Å². The Hall–Kier alpha value is -4.09. The largest absolute Gasteiger partial charge is 0.387 e. The number of aliphatic hydroxyl groups is 1. The molecule has 0 aliphatic heterocycles. The topological polar surface area (TPSA) is 128 Å². The highest BCUT2D eigenvalue weighted by Gasteiger charge is 2.27. The van der Waals surface area contributed by atoms with E-state index in [2.05, 4.69) is 31.2 Å². The van der Waals surface area contributed by atoms with Gasteiger partial charge in [-0.2, -0.15) is 0 Å². The number of benzene rings is 2. The normalized spacial score (nSPS) is 14.1. The first-order valence-corrected chi connectivity index (χ1v) is 13.5. The molecular formula is C28H29FN6O3S. The number of carbonyl (C=O) groups excluding carboxylic acids is 2. The molecule has 1 unspecified atom stereocenters. The van der Waals surface area contributed by atoms with Crippen LogP contribution in [0, 0.1) is 0 Å². The van der Waals surface area contributed by atoms with Gasteiger partial charge in [-0.1, -0.05) is 0 Å². The lowest BCUT2D eigenvalue weighted by Crippen LogP contribution is -2.42. The van der Waals surface area contributed by atoms with Crippen LogP contribution in [0.25, 0.3) is 10.2 Å². The Bertz CT molecular complexity index is 1500. The summed E-state index contributed by atoms with van der Waals surface area (Å²) in [5.41, 5.74) is 3.71. The van der Waals surface area contributed by atoms with E-state index >= 15 is 0 Å². The minimum absolute atomic E-state index is 0.120. The number of carbonyl (C=O) groups is 2. The van der Waals surface area contributed by atoms with Crippen LogP contribution >= 0.6 is 11.3 Å². The summed E-state index contributed by atoms with van der Waals surface area (Å²) in [5.74, 6) is -0.182. The average Bonchev–Trinajstić information content (AvgIpc) is 3.60. The number of nitrogens with one attached hydrogen (secondary N) is 4. The number of anilines is 4. The number of hydrogen-bond acceptors (Lipinski definition) is 8. The third-order valence-corrected chi connectivity index (χ3v) is 7.09. The van der Waals surface area contributed by atoms with Crippen molar-refractivity contribution in [3.63, 3.8) is 0 Å². The highest BCUT2D eigenvalue weighted by Crippen LogP contribution is 2.28. The van der Waals surface area contributed by atoms with Crippen LogP contribution in [0.4, 0.5) is 27.3 Å². The van der Waals surface area contributed by atoms with Crippen LogP contribution in [-0.4, -0.2) is 51.2 Å². The molecule has 0 spiro atoms. The molecule has 0 saturated heterocycles. The number of pyridine rings is 1. The second-order valence-electron chi connectivity index (χ2n) is 10.1. The van der Waals surface area contributed by atoms with Crippen LogP contribution in [0.1, 0.15) is 47.4 Å². The molecule has 1 atom stereocenters. The SMILES string of the molecule is CC(C)(O)C(F)CNC(=O)c1cnc(Nc2ccc3ncsc3c2)cc1Nc1ccc(C(=O)NC2CC2)cc1. The molecule has 202 valence electrons. The zero-order valence-electron chi connectivity index (χ0n) is 21.5. The summed E-state index contributed by atoms with van der Waals surface area (Å²) in [5, 5.41) is 21.8. The van der Waals surface area contributed by atoms with Gasteiger partial charge in [0.2, 0.25) is 0 Å². The van der Waals surface area contributed by atoms with Crippen LogP contribution in [0.3, 0.4) is 0 Å². The number of aromatic nitrogens is 2. The number of amides is 2. The minimum Gasteiger partial charge on any atom is -0.387 e. The summed E-state index contributed by atoms with van der Waals surface area (Å²) in [6.07, 6.45) is 1.76. The van der Waals surface area contributed by atoms with E-state index in [1.807, 2.05) is 18.2 Å². The first-order valence-electron chi connectivity index (χ1n) is 12.6. The standard InChI is InChI=1S/C28H29FN6O3S/c1-28(2,38)24(29)14-31-27(37)20-13-30-25(34-19-9-10-21-23(11-19)39-15-32-21)12-22(20)33-17-5-3-16(4-6-17)26(36)35-18-7-8-18/h3-6,9-13,15,18,24,38H,7-8,14H2,1-2H3,(H,31,37)(H,35,36)(H2,30,33,34). The lowest BCUT2D eigenvalue weighted by Gasteiger charge is -2.22. The van der Waals surface area contributed by atoms with E-state index in [-0.39, 0.29) is 24.1 Å². The predicted molar refractivity (Wildman–Crippen MR) is 151 cm³/mol. The Morgan fingerprint density at radius 2 is 1.79 bits per heavy atom. The number of halogens is 1. The van der Waals surface area contributed by atoms with E-state index in [1.54, 1.807) is 35.8 Å². The van der Waals surface area contributed by atoms with Gasteiger partial charge in [0.1, 0.15) is 12.0 Å². The van der Waals surface area contributed by atoms with E-state index in [4.69, 9.17) is 0 Å². The fourth-order valence-electron chi connectivity index (χ4n) is 3.77. The summed E-state index contributed by atoms with van der Waals surface area (Å²) in [6.45, 7) is 2.33. The molecule has 9 nitrogen and oxygen atoms in total. The fourth-order valence-corrected chi connectivity index (χ4v) is 4.49. The van der Waals surface area contributed by atoms with Gasteiger partial charge in [0, 0.05) is 35.2 Å². The Balaban J connectivity index is 1.38. The van der Waals surface area contributed by atoms with Crippen molar-refractivity contribution in [1.82, 2.24) is 20.6 Å². The van der Waals surface area contributed by atoms with Gasteiger partial charge in [-0.15, -0.1) is 11.3 Å². The van der Waals surface area contributed by atoms with Gasteiger partial charge in [0.15, 0.2) is 0 Å². The molecule has 4 aromatic rings. The molecule has 0 bridgehead atoms. The molecule has 39 heavy (non-hydrogen) atoms. The first kappa shape index (κ1) is 26.5. The van der Waals surface area contributed by atoms with Gasteiger partial charge in [-0.05, 0) is 69.2 Å². The van der Waals surface area contributed by atoms with E-state index < -0.39 is 17.7 Å². The molecule has 1 aliphatic carbocycles. The second kappa shape index (κ2) is 11.0. The molecule has 11 heteroatoms. The molecule has 2 aromatic carbocycles. The average molecular weight is 549 g/mol. The fraction of sp³-hybridized carbons (Fsp3) is 0.286. The number of rotatable bonds is 10. The summed E-state index contributed by atoms with van der Waals surface area (Å²) in [6, 6.07) is 14.6. The quantitative estimate of drug-likeness (QED) is 0.191. The summed E-state index contributed by atoms with van der Waals surface area (Å²) in [7, 11) is 0. The summed E-state index contributed by atoms with van der Waals surface area (Å²) in [4.78, 5) is 34.0. The Morgan fingerprint density at radius 1 is 1.05 bits per heavy atom. The van der Waals surface area contributed by atoms with Gasteiger partial charge < -0.3 is 26.4 Å². The van der Waals surface area contributed by atoms with Crippen molar-refractivity contribution in [3.05, 3.63) is 71.4 Å². The van der Waals surface area contributed by atoms with Crippen molar-refractivity contribution in [3.8, 4) is 0 Å². The Labute approximate surface area is 228 Å². The number of hydrogen-bond donors (Lipinski definition) is 5. The van der Waals surface area contributed by atoms with E-state index in [9.17, 15) is 19.1 Å². The molecule has 2 aromatic heterocycles. The van der Waals surface area contributed by atoms with Crippen molar-refractivity contribution in [2.75, 3.05) is 17.2 Å². The smallest absolute Gasteiger partial charge is 0.255 e. The van der Waals surface area contributed by atoms with Crippen LogP contribution in [0.5, 0.6) is 0 Å². The number of fused-ring (bicyclic) bond motifs is 1. The van der Waals surface area contributed by atoms with E-state index in [0.29, 0.717) is 22.8 Å². The monoisotopic (exact) mass is 548 g/mol. The molecule has 0 radical (unpaired) electrons. The molecule has 5 N–H and O–H groups in total. The van der Waals surface area contributed by atoms with E-state index in [1.165, 1.54) is 31.4 Å². The van der Waals surface area contributed by atoms with Crippen LogP contribution in [0.15, 0.2) is 60.2 Å². The third-order valence-electron chi connectivity index (χ3n) is 6.30. The molecule has 5 rings (SSSR count). The number of thiazole rings is 1. The summed E-state index contributed by atoms with van der Waals surface area (Å²) >= 11 is 1.53. The predicted octanol–water partition coefficient (Wildman–Crippen LogP) is 4.91. The molecular weight excluding hydrogens is 519 g/mol. The number of nitrogens with zero attached hydrogens (tertiary/aromatic N) is 2. The molecule has 1 aliphatic rings. The minimum atomic E-state index is -1.65. The zero-order chi connectivity index (χ0) is 27.6. The third kappa shape index (κ3) is 6.68. The van der Waals surface area contributed by atoms with Crippen molar-refractivity contribution >= 4 is 56.2 Å². The first-order chi connectivity index (χ1) is 18.7. The summed E-state index contributed by atoms with van der Waals surface area (Å²) < 4.78 is 15.3. The van der Waals surface area contributed by atoms with Gasteiger partial charge in [0.25, 0.3) is 11.8 Å².